The van der Waals surface area contributed by atoms with Crippen LogP contribution in [0.3, 0.4) is 0 Å². The number of methoxy groups -OCH3 is 1. The molecule has 0 aromatic carbocycles. The molecule has 5 nitrogen and oxygen atoms in total. The fraction of sp³-hybridized carbons (Fsp3) is 0.444. The number of hydrogen-bond acceptors (Lipinski definition) is 5. The number of amides is 1. The fourth-order valence-electron chi connectivity index (χ4n) is 0.951. The van der Waals surface area contributed by atoms with E-state index in [2.05, 4.69) is 15.3 Å². The molecular formula is C9H13N3O2S. The molecule has 0 spiro atoms. The van der Waals surface area contributed by atoms with Crippen LogP contribution < -0.4 is 10.1 Å². The molecule has 1 aromatic rings. The Balaban J connectivity index is 2.81. The molecule has 0 aliphatic carbocycles. The number of carbonyl (C=O) groups excluding carboxylic acids is 1. The van der Waals surface area contributed by atoms with Gasteiger partial charge in [0.15, 0.2) is 5.16 Å². The second kappa shape index (κ2) is 5.55. The van der Waals surface area contributed by atoms with Crippen LogP contribution in [0.1, 0.15) is 12.6 Å². The van der Waals surface area contributed by atoms with Gasteiger partial charge in [-0.2, -0.15) is 4.98 Å². The van der Waals surface area contributed by atoms with Crippen LogP contribution in [-0.2, 0) is 11.3 Å². The van der Waals surface area contributed by atoms with Crippen molar-refractivity contribution in [1.29, 1.82) is 0 Å². The first-order valence-corrected chi connectivity index (χ1v) is 5.58. The predicted octanol–water partition coefficient (Wildman–Crippen LogP) is 0.843. The highest BCUT2D eigenvalue weighted by molar-refractivity contribution is 7.98. The molecule has 0 aliphatic heterocycles. The molecule has 0 saturated carbocycles. The Bertz CT molecular complexity index is 335. The van der Waals surface area contributed by atoms with Crippen molar-refractivity contribution in [2.45, 2.75) is 18.6 Å². The Kier molecular flexibility index (Phi) is 4.36. The van der Waals surface area contributed by atoms with Crippen LogP contribution in [0.15, 0.2) is 11.2 Å². The van der Waals surface area contributed by atoms with Gasteiger partial charge in [-0.1, -0.05) is 11.8 Å². The van der Waals surface area contributed by atoms with E-state index in [1.54, 1.807) is 13.2 Å². The van der Waals surface area contributed by atoms with Crippen molar-refractivity contribution >= 4 is 17.7 Å². The average molecular weight is 227 g/mol. The third-order valence-electron chi connectivity index (χ3n) is 1.65. The minimum Gasteiger partial charge on any atom is -0.481 e. The van der Waals surface area contributed by atoms with Gasteiger partial charge in [-0.15, -0.1) is 0 Å². The summed E-state index contributed by atoms with van der Waals surface area (Å²) in [6.07, 6.45) is 1.89. The lowest BCUT2D eigenvalue weighted by atomic mass is 10.4. The minimum atomic E-state index is -0.0849. The number of carbonyl (C=O) groups is 1. The zero-order valence-corrected chi connectivity index (χ0v) is 9.72. The number of rotatable bonds is 4. The van der Waals surface area contributed by atoms with Crippen molar-refractivity contribution in [2.24, 2.45) is 0 Å². The molecular weight excluding hydrogens is 214 g/mol. The van der Waals surface area contributed by atoms with E-state index in [-0.39, 0.29) is 5.91 Å². The highest BCUT2D eigenvalue weighted by atomic mass is 32.2. The molecule has 1 amide bonds. The molecule has 0 saturated heterocycles. The maximum atomic E-state index is 10.7. The summed E-state index contributed by atoms with van der Waals surface area (Å²) in [7, 11) is 1.55. The lowest BCUT2D eigenvalue weighted by Crippen LogP contribution is -2.19. The van der Waals surface area contributed by atoms with E-state index in [0.29, 0.717) is 17.6 Å². The van der Waals surface area contributed by atoms with Gasteiger partial charge in [0, 0.05) is 13.0 Å². The standard InChI is InChI=1S/C9H13N3O2S/c1-6(13)10-5-7-4-8(14-2)12-9(11-7)15-3/h4H,5H2,1-3H3,(H,10,13). The second-order valence-corrected chi connectivity index (χ2v) is 3.57. The van der Waals surface area contributed by atoms with Gasteiger partial charge in [-0.05, 0) is 6.26 Å². The Labute approximate surface area is 92.6 Å². The van der Waals surface area contributed by atoms with Crippen LogP contribution in [0.4, 0.5) is 0 Å². The molecule has 0 bridgehead atoms. The van der Waals surface area contributed by atoms with Gasteiger partial charge in [0.2, 0.25) is 11.8 Å². The van der Waals surface area contributed by atoms with Crippen LogP contribution in [0, 0.1) is 0 Å². The van der Waals surface area contributed by atoms with Crippen LogP contribution in [0.2, 0.25) is 0 Å². The quantitative estimate of drug-likeness (QED) is 0.610. The fourth-order valence-corrected chi connectivity index (χ4v) is 1.34. The van der Waals surface area contributed by atoms with Crippen LogP contribution in [0.25, 0.3) is 0 Å². The minimum absolute atomic E-state index is 0.0849. The van der Waals surface area contributed by atoms with Crippen molar-refractivity contribution in [3.8, 4) is 5.88 Å². The molecule has 0 fully saturated rings. The van der Waals surface area contributed by atoms with E-state index in [0.717, 1.165) is 5.69 Å². The summed E-state index contributed by atoms with van der Waals surface area (Å²) in [4.78, 5) is 19.1. The molecule has 1 heterocycles. The zero-order chi connectivity index (χ0) is 11.3. The maximum Gasteiger partial charge on any atom is 0.217 e. The topological polar surface area (TPSA) is 64.1 Å². The molecule has 1 N–H and O–H groups in total. The molecule has 0 aliphatic rings. The number of hydrogen-bond donors (Lipinski definition) is 1. The number of ether oxygens (including phenoxy) is 1. The summed E-state index contributed by atoms with van der Waals surface area (Å²) in [6.45, 7) is 1.86. The monoisotopic (exact) mass is 227 g/mol. The first-order chi connectivity index (χ1) is 7.15. The number of nitrogens with zero attached hydrogens (tertiary/aromatic N) is 2. The van der Waals surface area contributed by atoms with Gasteiger partial charge >= 0.3 is 0 Å². The molecule has 82 valence electrons. The molecule has 6 heteroatoms. The first kappa shape index (κ1) is 11.8. The summed E-state index contributed by atoms with van der Waals surface area (Å²) in [5.74, 6) is 0.424. The zero-order valence-electron chi connectivity index (χ0n) is 8.90. The summed E-state index contributed by atoms with van der Waals surface area (Å²) >= 11 is 1.43. The Morgan fingerprint density at radius 3 is 2.87 bits per heavy atom. The van der Waals surface area contributed by atoms with Crippen molar-refractivity contribution in [1.82, 2.24) is 15.3 Å². The third-order valence-corrected chi connectivity index (χ3v) is 2.19. The molecule has 0 atom stereocenters. The van der Waals surface area contributed by atoms with E-state index in [9.17, 15) is 4.79 Å². The van der Waals surface area contributed by atoms with Gasteiger partial charge < -0.3 is 10.1 Å². The van der Waals surface area contributed by atoms with E-state index >= 15 is 0 Å². The van der Waals surface area contributed by atoms with E-state index in [4.69, 9.17) is 4.74 Å². The predicted molar refractivity (Wildman–Crippen MR) is 57.9 cm³/mol. The SMILES string of the molecule is COc1cc(CNC(C)=O)nc(SC)n1. The summed E-state index contributed by atoms with van der Waals surface area (Å²) in [5, 5.41) is 3.30. The molecule has 0 radical (unpaired) electrons. The van der Waals surface area contributed by atoms with Gasteiger partial charge in [0.25, 0.3) is 0 Å². The van der Waals surface area contributed by atoms with E-state index in [1.165, 1.54) is 18.7 Å². The van der Waals surface area contributed by atoms with Crippen molar-refractivity contribution < 1.29 is 9.53 Å². The number of nitrogens with one attached hydrogen (secondary N) is 1. The maximum absolute atomic E-state index is 10.7. The Morgan fingerprint density at radius 2 is 2.33 bits per heavy atom. The second-order valence-electron chi connectivity index (χ2n) is 2.80. The van der Waals surface area contributed by atoms with Gasteiger partial charge in [-0.25, -0.2) is 4.98 Å². The van der Waals surface area contributed by atoms with Crippen molar-refractivity contribution in [3.63, 3.8) is 0 Å². The van der Waals surface area contributed by atoms with E-state index in [1.807, 2.05) is 6.26 Å². The van der Waals surface area contributed by atoms with Crippen molar-refractivity contribution in [3.05, 3.63) is 11.8 Å². The Hall–Kier alpha value is -1.30. The molecule has 1 aromatic heterocycles. The third kappa shape index (κ3) is 3.75. The highest BCUT2D eigenvalue weighted by Gasteiger charge is 2.04. The highest BCUT2D eigenvalue weighted by Crippen LogP contribution is 2.15. The van der Waals surface area contributed by atoms with Gasteiger partial charge in [0.05, 0.1) is 19.3 Å². The summed E-state index contributed by atoms with van der Waals surface area (Å²) in [5.41, 5.74) is 0.737. The van der Waals surface area contributed by atoms with Crippen LogP contribution in [0.5, 0.6) is 5.88 Å². The van der Waals surface area contributed by atoms with Crippen molar-refractivity contribution in [2.75, 3.05) is 13.4 Å². The van der Waals surface area contributed by atoms with Crippen LogP contribution >= 0.6 is 11.8 Å². The van der Waals surface area contributed by atoms with E-state index < -0.39 is 0 Å². The summed E-state index contributed by atoms with van der Waals surface area (Å²) < 4.78 is 5.03. The van der Waals surface area contributed by atoms with Crippen LogP contribution in [-0.4, -0.2) is 29.2 Å². The lowest BCUT2D eigenvalue weighted by molar-refractivity contribution is -0.119. The molecule has 0 unspecified atom stereocenters. The number of aromatic nitrogens is 2. The average Bonchev–Trinajstić information content (AvgIpc) is 2.25. The number of thioether (sulfide) groups is 1. The normalized spacial score (nSPS) is 9.80. The summed E-state index contributed by atoms with van der Waals surface area (Å²) in [6, 6.07) is 1.70. The van der Waals surface area contributed by atoms with Gasteiger partial charge in [-0.3, -0.25) is 4.79 Å². The molecule has 15 heavy (non-hydrogen) atoms. The Morgan fingerprint density at radius 1 is 1.60 bits per heavy atom. The van der Waals surface area contributed by atoms with Gasteiger partial charge in [0.1, 0.15) is 0 Å². The smallest absolute Gasteiger partial charge is 0.217 e. The first-order valence-electron chi connectivity index (χ1n) is 4.36. The molecule has 1 rings (SSSR count). The largest absolute Gasteiger partial charge is 0.481 e. The lowest BCUT2D eigenvalue weighted by Gasteiger charge is -2.05.